The summed E-state index contributed by atoms with van der Waals surface area (Å²) in [5.41, 5.74) is 2.70. The predicted molar refractivity (Wildman–Crippen MR) is 74.7 cm³/mol. The number of fused-ring (bicyclic) bond motifs is 1. The molecule has 0 N–H and O–H groups in total. The fourth-order valence-electron chi connectivity index (χ4n) is 2.21. The molecular weight excluding hydrogens is 268 g/mol. The Balaban J connectivity index is 1.84. The van der Waals surface area contributed by atoms with Crippen LogP contribution in [0.3, 0.4) is 0 Å². The monoisotopic (exact) mass is 280 g/mol. The molecule has 3 heterocycles. The van der Waals surface area contributed by atoms with Crippen LogP contribution in [-0.4, -0.2) is 10.4 Å². The van der Waals surface area contributed by atoms with Crippen LogP contribution < -0.4 is 0 Å². The molecule has 0 spiro atoms. The van der Waals surface area contributed by atoms with Crippen LogP contribution in [0, 0.1) is 18.3 Å². The van der Waals surface area contributed by atoms with E-state index in [1.54, 1.807) is 19.2 Å². The minimum atomic E-state index is -0.531. The van der Waals surface area contributed by atoms with Gasteiger partial charge >= 0.3 is 5.97 Å². The summed E-state index contributed by atoms with van der Waals surface area (Å²) in [6, 6.07) is 9.43. The second-order valence-electron chi connectivity index (χ2n) is 4.64. The number of aryl methyl sites for hydroxylation is 1. The van der Waals surface area contributed by atoms with Crippen molar-refractivity contribution in [1.29, 1.82) is 5.26 Å². The van der Waals surface area contributed by atoms with Gasteiger partial charge in [0.25, 0.3) is 0 Å². The largest absolute Gasteiger partial charge is 0.457 e. The Morgan fingerprint density at radius 1 is 1.43 bits per heavy atom. The fourth-order valence-corrected chi connectivity index (χ4v) is 2.21. The van der Waals surface area contributed by atoms with Crippen LogP contribution in [-0.2, 0) is 11.3 Å². The van der Waals surface area contributed by atoms with Gasteiger partial charge in [0, 0.05) is 23.5 Å². The van der Waals surface area contributed by atoms with E-state index in [4.69, 9.17) is 9.15 Å². The smallest absolute Gasteiger partial charge is 0.374 e. The molecule has 3 aromatic heterocycles. The van der Waals surface area contributed by atoms with E-state index in [-0.39, 0.29) is 12.4 Å². The molecule has 0 unspecified atom stereocenters. The van der Waals surface area contributed by atoms with Crippen molar-refractivity contribution in [3.8, 4) is 6.07 Å². The first kappa shape index (κ1) is 13.0. The maximum atomic E-state index is 11.9. The van der Waals surface area contributed by atoms with E-state index in [9.17, 15) is 10.1 Å². The van der Waals surface area contributed by atoms with Gasteiger partial charge in [0.1, 0.15) is 12.7 Å². The summed E-state index contributed by atoms with van der Waals surface area (Å²) in [6.45, 7) is 1.80. The number of hydrogen-bond acceptors (Lipinski definition) is 4. The Kier molecular flexibility index (Phi) is 3.20. The molecule has 0 bridgehead atoms. The Labute approximate surface area is 121 Å². The third kappa shape index (κ3) is 2.28. The van der Waals surface area contributed by atoms with Gasteiger partial charge in [-0.1, -0.05) is 6.07 Å². The minimum Gasteiger partial charge on any atom is -0.457 e. The van der Waals surface area contributed by atoms with E-state index in [0.29, 0.717) is 11.1 Å². The van der Waals surface area contributed by atoms with Crippen molar-refractivity contribution < 1.29 is 13.9 Å². The van der Waals surface area contributed by atoms with Crippen LogP contribution in [0.4, 0.5) is 0 Å². The normalized spacial score (nSPS) is 10.5. The maximum Gasteiger partial charge on any atom is 0.374 e. The van der Waals surface area contributed by atoms with Gasteiger partial charge in [-0.25, -0.2) is 4.79 Å². The molecule has 5 heteroatoms. The first-order valence-corrected chi connectivity index (χ1v) is 6.40. The second-order valence-corrected chi connectivity index (χ2v) is 4.64. The van der Waals surface area contributed by atoms with Crippen molar-refractivity contribution in [2.45, 2.75) is 13.5 Å². The summed E-state index contributed by atoms with van der Waals surface area (Å²) in [5, 5.41) is 9.28. The van der Waals surface area contributed by atoms with Crippen molar-refractivity contribution in [2.24, 2.45) is 0 Å². The van der Waals surface area contributed by atoms with Gasteiger partial charge in [0.2, 0.25) is 5.76 Å². The van der Waals surface area contributed by atoms with Gasteiger partial charge in [-0.05, 0) is 25.1 Å². The molecule has 3 rings (SSSR count). The van der Waals surface area contributed by atoms with E-state index >= 15 is 0 Å². The van der Waals surface area contributed by atoms with Crippen LogP contribution in [0.2, 0.25) is 0 Å². The number of carbonyl (C=O) groups excluding carboxylic acids is 1. The quantitative estimate of drug-likeness (QED) is 0.691. The molecule has 0 amide bonds. The number of hydrogen-bond donors (Lipinski definition) is 0. The molecule has 0 saturated carbocycles. The topological polar surface area (TPSA) is 67.6 Å². The molecule has 0 atom stereocenters. The van der Waals surface area contributed by atoms with Crippen LogP contribution in [0.5, 0.6) is 0 Å². The highest BCUT2D eigenvalue weighted by molar-refractivity contribution is 5.87. The molecule has 21 heavy (non-hydrogen) atoms. The zero-order valence-corrected chi connectivity index (χ0v) is 11.4. The highest BCUT2D eigenvalue weighted by Gasteiger charge is 2.16. The van der Waals surface area contributed by atoms with Crippen molar-refractivity contribution in [3.05, 3.63) is 65.4 Å². The third-order valence-electron chi connectivity index (χ3n) is 3.28. The lowest BCUT2D eigenvalue weighted by Crippen LogP contribution is -2.05. The molecule has 0 saturated heterocycles. The Morgan fingerprint density at radius 2 is 2.29 bits per heavy atom. The predicted octanol–water partition coefficient (Wildman–Crippen LogP) is 3.07. The molecule has 0 radical (unpaired) electrons. The first-order valence-electron chi connectivity index (χ1n) is 6.40. The number of nitrogens with zero attached hydrogens (tertiary/aromatic N) is 2. The van der Waals surface area contributed by atoms with Gasteiger partial charge in [-0.2, -0.15) is 5.26 Å². The number of ether oxygens (including phenoxy) is 1. The number of rotatable bonds is 3. The van der Waals surface area contributed by atoms with E-state index < -0.39 is 5.97 Å². The fraction of sp³-hybridized carbons (Fsp3) is 0.125. The Morgan fingerprint density at radius 3 is 3.00 bits per heavy atom. The van der Waals surface area contributed by atoms with Crippen molar-refractivity contribution in [3.63, 3.8) is 0 Å². The summed E-state index contributed by atoms with van der Waals surface area (Å²) in [5.74, 6) is -0.339. The SMILES string of the molecule is Cc1ccoc1C(=O)OCc1cn2ccccc2c1C#N. The van der Waals surface area contributed by atoms with Crippen LogP contribution in [0.15, 0.2) is 47.3 Å². The zero-order valence-electron chi connectivity index (χ0n) is 11.4. The van der Waals surface area contributed by atoms with Crippen molar-refractivity contribution in [1.82, 2.24) is 4.40 Å². The molecule has 0 fully saturated rings. The lowest BCUT2D eigenvalue weighted by atomic mass is 10.2. The molecule has 0 aliphatic carbocycles. The average Bonchev–Trinajstić information content (AvgIpc) is 3.07. The third-order valence-corrected chi connectivity index (χ3v) is 3.28. The molecule has 0 aliphatic rings. The summed E-state index contributed by atoms with van der Waals surface area (Å²) in [6.07, 6.45) is 5.08. The molecular formula is C16H12N2O3. The van der Waals surface area contributed by atoms with Gasteiger partial charge in [-0.3, -0.25) is 0 Å². The number of aromatic nitrogens is 1. The Bertz CT molecular complexity index is 852. The lowest BCUT2D eigenvalue weighted by molar-refractivity contribution is 0.0435. The molecule has 5 nitrogen and oxygen atoms in total. The van der Waals surface area contributed by atoms with E-state index in [2.05, 4.69) is 6.07 Å². The maximum absolute atomic E-state index is 11.9. The van der Waals surface area contributed by atoms with Crippen LogP contribution >= 0.6 is 0 Å². The van der Waals surface area contributed by atoms with Crippen LogP contribution in [0.25, 0.3) is 5.52 Å². The minimum absolute atomic E-state index is 0.0313. The summed E-state index contributed by atoms with van der Waals surface area (Å²) in [4.78, 5) is 11.9. The molecule has 3 aromatic rings. The lowest BCUT2D eigenvalue weighted by Gasteiger charge is -2.02. The standard InChI is InChI=1S/C16H12N2O3/c1-11-5-7-20-15(11)16(19)21-10-12-9-18-6-3-2-4-14(18)13(12)8-17/h2-7,9H,10H2,1H3. The average molecular weight is 280 g/mol. The van der Waals surface area contributed by atoms with Crippen LogP contribution in [0.1, 0.15) is 27.2 Å². The summed E-state index contributed by atoms with van der Waals surface area (Å²) in [7, 11) is 0. The van der Waals surface area contributed by atoms with Gasteiger partial charge < -0.3 is 13.6 Å². The van der Waals surface area contributed by atoms with E-state index in [1.807, 2.05) is 28.8 Å². The van der Waals surface area contributed by atoms with Gasteiger partial charge in [0.05, 0.1) is 17.3 Å². The molecule has 0 aromatic carbocycles. The summed E-state index contributed by atoms with van der Waals surface area (Å²) >= 11 is 0. The number of nitriles is 1. The number of pyridine rings is 1. The number of furan rings is 1. The van der Waals surface area contributed by atoms with Gasteiger partial charge in [-0.15, -0.1) is 0 Å². The molecule has 104 valence electrons. The van der Waals surface area contributed by atoms with E-state index in [0.717, 1.165) is 11.1 Å². The zero-order chi connectivity index (χ0) is 14.8. The summed E-state index contributed by atoms with van der Waals surface area (Å²) < 4.78 is 12.1. The number of carbonyl (C=O) groups is 1. The van der Waals surface area contributed by atoms with Crippen molar-refractivity contribution in [2.75, 3.05) is 0 Å². The molecule has 0 aliphatic heterocycles. The highest BCUT2D eigenvalue weighted by Crippen LogP contribution is 2.19. The second kappa shape index (κ2) is 5.17. The van der Waals surface area contributed by atoms with Crippen molar-refractivity contribution >= 4 is 11.5 Å². The number of esters is 1. The Hall–Kier alpha value is -3.00. The highest BCUT2D eigenvalue weighted by atomic mass is 16.5. The van der Waals surface area contributed by atoms with Gasteiger partial charge in [0.15, 0.2) is 0 Å². The van der Waals surface area contributed by atoms with E-state index in [1.165, 1.54) is 6.26 Å². The first-order chi connectivity index (χ1) is 10.2.